The highest BCUT2D eigenvalue weighted by molar-refractivity contribution is 6.37. The molecule has 3 nitrogen and oxygen atoms in total. The Balaban J connectivity index is 2.76. The fraction of sp³-hybridized carbons (Fsp3) is 0.250. The number of hydrogen-bond donors (Lipinski definition) is 0. The summed E-state index contributed by atoms with van der Waals surface area (Å²) in [5, 5.41) is 0.625. The summed E-state index contributed by atoms with van der Waals surface area (Å²) in [4.78, 5) is 33.7. The first-order chi connectivity index (χ1) is 7.90. The van der Waals surface area contributed by atoms with E-state index in [0.717, 1.165) is 0 Å². The second kappa shape index (κ2) is 5.94. The first-order valence-electron chi connectivity index (χ1n) is 4.89. The van der Waals surface area contributed by atoms with Gasteiger partial charge in [-0.05, 0) is 25.1 Å². The van der Waals surface area contributed by atoms with Crippen molar-refractivity contribution in [1.82, 2.24) is 0 Å². The van der Waals surface area contributed by atoms with E-state index in [9.17, 15) is 14.4 Å². The highest BCUT2D eigenvalue weighted by Gasteiger charge is 2.15. The molecule has 0 aliphatic rings. The van der Waals surface area contributed by atoms with Gasteiger partial charge < -0.3 is 0 Å². The zero-order valence-corrected chi connectivity index (χ0v) is 10.6. The maximum absolute atomic E-state index is 11.7. The molecule has 0 amide bonds. The minimum atomic E-state index is -0.409. The van der Waals surface area contributed by atoms with E-state index in [4.69, 9.17) is 23.2 Å². The van der Waals surface area contributed by atoms with Crippen LogP contribution in [-0.2, 0) is 9.59 Å². The molecule has 5 heteroatoms. The van der Waals surface area contributed by atoms with Crippen molar-refractivity contribution in [3.63, 3.8) is 0 Å². The number of Topliss-reactive ketones (excluding diaryl/α,β-unsaturated/α-hetero) is 3. The Labute approximate surface area is 109 Å². The minimum absolute atomic E-state index is 0.207. The second-order valence-electron chi connectivity index (χ2n) is 3.64. The largest absolute Gasteiger partial charge is 0.300 e. The van der Waals surface area contributed by atoms with Crippen LogP contribution in [0, 0.1) is 0 Å². The summed E-state index contributed by atoms with van der Waals surface area (Å²) >= 11 is 11.5. The van der Waals surface area contributed by atoms with E-state index in [1.165, 1.54) is 25.1 Å². The minimum Gasteiger partial charge on any atom is -0.300 e. The molecule has 1 aromatic carbocycles. The van der Waals surface area contributed by atoms with Gasteiger partial charge in [-0.25, -0.2) is 0 Å². The van der Waals surface area contributed by atoms with Gasteiger partial charge in [0, 0.05) is 10.6 Å². The summed E-state index contributed by atoms with van der Waals surface area (Å²) in [5.74, 6) is -1.07. The quantitative estimate of drug-likeness (QED) is 0.611. The lowest BCUT2D eigenvalue weighted by Crippen LogP contribution is -2.11. The van der Waals surface area contributed by atoms with Gasteiger partial charge in [-0.1, -0.05) is 23.2 Å². The molecule has 0 unspecified atom stereocenters. The van der Waals surface area contributed by atoms with Gasteiger partial charge in [0.15, 0.2) is 5.78 Å². The Hall–Kier alpha value is -1.19. The molecule has 0 fully saturated rings. The average Bonchev–Trinajstić information content (AvgIpc) is 2.15. The fourth-order valence-electron chi connectivity index (χ4n) is 1.33. The third-order valence-corrected chi connectivity index (χ3v) is 2.58. The molecule has 0 spiro atoms. The third kappa shape index (κ3) is 4.29. The number of hydrogen-bond acceptors (Lipinski definition) is 3. The number of halogens is 2. The topological polar surface area (TPSA) is 51.2 Å². The second-order valence-corrected chi connectivity index (χ2v) is 4.49. The highest BCUT2D eigenvalue weighted by atomic mass is 35.5. The van der Waals surface area contributed by atoms with Crippen LogP contribution in [0.4, 0.5) is 0 Å². The lowest BCUT2D eigenvalue weighted by atomic mass is 10.0. The van der Waals surface area contributed by atoms with Crippen LogP contribution in [0.25, 0.3) is 0 Å². The van der Waals surface area contributed by atoms with Gasteiger partial charge in [0.25, 0.3) is 0 Å². The summed E-state index contributed by atoms with van der Waals surface area (Å²) in [6.07, 6.45) is -0.544. The van der Waals surface area contributed by atoms with Crippen molar-refractivity contribution < 1.29 is 14.4 Å². The van der Waals surface area contributed by atoms with Crippen molar-refractivity contribution in [2.75, 3.05) is 0 Å². The van der Waals surface area contributed by atoms with Gasteiger partial charge in [-0.2, -0.15) is 0 Å². The van der Waals surface area contributed by atoms with Gasteiger partial charge >= 0.3 is 0 Å². The molecule has 0 heterocycles. The van der Waals surface area contributed by atoms with E-state index in [2.05, 4.69) is 0 Å². The molecule has 0 saturated carbocycles. The Morgan fingerprint density at radius 3 is 2.29 bits per heavy atom. The zero-order valence-electron chi connectivity index (χ0n) is 9.13. The van der Waals surface area contributed by atoms with Crippen molar-refractivity contribution in [1.29, 1.82) is 0 Å². The number of ketones is 3. The molecule has 0 atom stereocenters. The lowest BCUT2D eigenvalue weighted by Gasteiger charge is -2.03. The van der Waals surface area contributed by atoms with Gasteiger partial charge in [0.2, 0.25) is 0 Å². The van der Waals surface area contributed by atoms with E-state index in [0.29, 0.717) is 5.02 Å². The van der Waals surface area contributed by atoms with E-state index < -0.39 is 11.6 Å². The van der Waals surface area contributed by atoms with E-state index in [1.54, 1.807) is 0 Å². The fourth-order valence-corrected chi connectivity index (χ4v) is 1.84. The maximum atomic E-state index is 11.7. The molecule has 17 heavy (non-hydrogen) atoms. The summed E-state index contributed by atoms with van der Waals surface area (Å²) in [5.41, 5.74) is 0.243. The molecule has 0 saturated heterocycles. The average molecular weight is 273 g/mol. The molecule has 0 aliphatic carbocycles. The molecule has 0 aliphatic heterocycles. The lowest BCUT2D eigenvalue weighted by molar-refractivity contribution is -0.125. The van der Waals surface area contributed by atoms with Crippen molar-refractivity contribution in [3.05, 3.63) is 33.8 Å². The maximum Gasteiger partial charge on any atom is 0.171 e. The van der Waals surface area contributed by atoms with Crippen molar-refractivity contribution in [2.24, 2.45) is 0 Å². The molecule has 1 aromatic rings. The zero-order chi connectivity index (χ0) is 13.0. The Bertz CT molecular complexity index is 481. The number of carbonyl (C=O) groups excluding carboxylic acids is 3. The van der Waals surface area contributed by atoms with E-state index in [1.807, 2.05) is 0 Å². The Kier molecular flexibility index (Phi) is 4.85. The SMILES string of the molecule is CC(=O)CC(=O)CC(=O)c1ccc(Cl)cc1Cl. The summed E-state index contributed by atoms with van der Waals surface area (Å²) in [7, 11) is 0. The molecular weight excluding hydrogens is 263 g/mol. The Morgan fingerprint density at radius 2 is 1.76 bits per heavy atom. The van der Waals surface area contributed by atoms with Crippen LogP contribution < -0.4 is 0 Å². The van der Waals surface area contributed by atoms with Crippen LogP contribution in [0.5, 0.6) is 0 Å². The standard InChI is InChI=1S/C12H10Cl2O3/c1-7(15)4-9(16)6-12(17)10-3-2-8(13)5-11(10)14/h2-3,5H,4,6H2,1H3. The highest BCUT2D eigenvalue weighted by Crippen LogP contribution is 2.22. The van der Waals surface area contributed by atoms with Gasteiger partial charge in [0.05, 0.1) is 17.9 Å². The predicted octanol–water partition coefficient (Wildman–Crippen LogP) is 3.11. The molecular formula is C12H10Cl2O3. The summed E-state index contributed by atoms with van der Waals surface area (Å²) in [6.45, 7) is 1.30. The Morgan fingerprint density at radius 1 is 1.12 bits per heavy atom. The molecule has 0 bridgehead atoms. The summed E-state index contributed by atoms with van der Waals surface area (Å²) < 4.78 is 0. The number of carbonyl (C=O) groups is 3. The summed E-state index contributed by atoms with van der Waals surface area (Å²) in [6, 6.07) is 4.43. The van der Waals surface area contributed by atoms with Crippen LogP contribution in [0.3, 0.4) is 0 Å². The van der Waals surface area contributed by atoms with Gasteiger partial charge in [-0.15, -0.1) is 0 Å². The number of benzene rings is 1. The van der Waals surface area contributed by atoms with Crippen molar-refractivity contribution >= 4 is 40.6 Å². The van der Waals surface area contributed by atoms with Crippen LogP contribution in [-0.4, -0.2) is 17.3 Å². The molecule has 1 rings (SSSR count). The van der Waals surface area contributed by atoms with E-state index >= 15 is 0 Å². The van der Waals surface area contributed by atoms with Gasteiger partial charge in [-0.3, -0.25) is 14.4 Å². The van der Waals surface area contributed by atoms with Crippen LogP contribution in [0.15, 0.2) is 18.2 Å². The number of rotatable bonds is 5. The molecule has 0 N–H and O–H groups in total. The van der Waals surface area contributed by atoms with Crippen LogP contribution in [0.1, 0.15) is 30.1 Å². The van der Waals surface area contributed by atoms with Crippen molar-refractivity contribution in [2.45, 2.75) is 19.8 Å². The van der Waals surface area contributed by atoms with Gasteiger partial charge in [0.1, 0.15) is 11.6 Å². The normalized spacial score (nSPS) is 10.1. The molecule has 90 valence electrons. The first-order valence-corrected chi connectivity index (χ1v) is 5.65. The van der Waals surface area contributed by atoms with Crippen molar-refractivity contribution in [3.8, 4) is 0 Å². The smallest absolute Gasteiger partial charge is 0.171 e. The third-order valence-electron chi connectivity index (χ3n) is 2.04. The monoisotopic (exact) mass is 272 g/mol. The van der Waals surface area contributed by atoms with Crippen LogP contribution >= 0.6 is 23.2 Å². The van der Waals surface area contributed by atoms with E-state index in [-0.39, 0.29) is 29.2 Å². The van der Waals surface area contributed by atoms with Crippen LogP contribution in [0.2, 0.25) is 10.0 Å². The predicted molar refractivity (Wildman–Crippen MR) is 65.7 cm³/mol. The molecule has 0 aromatic heterocycles. The molecule has 0 radical (unpaired) electrons. The first kappa shape index (κ1) is 13.9.